The van der Waals surface area contributed by atoms with Crippen LogP contribution in [0.2, 0.25) is 0 Å². The van der Waals surface area contributed by atoms with Crippen LogP contribution in [0.15, 0.2) is 36.4 Å². The Morgan fingerprint density at radius 3 is 2.65 bits per heavy atom. The van der Waals surface area contributed by atoms with Crippen molar-refractivity contribution in [2.24, 2.45) is 0 Å². The summed E-state index contributed by atoms with van der Waals surface area (Å²) in [5.74, 6) is 0.942. The minimum atomic E-state index is -0.0526. The monoisotopic (exact) mass is 420 g/mol. The quantitative estimate of drug-likeness (QED) is 0.667. The smallest absolute Gasteiger partial charge is 0.221 e. The molecular formula is C24H32N6O. The maximum absolute atomic E-state index is 11.2. The Bertz CT molecular complexity index is 1080. The van der Waals surface area contributed by atoms with Crippen molar-refractivity contribution < 1.29 is 4.79 Å². The number of hydrogen-bond acceptors (Lipinski definition) is 5. The second-order valence-electron chi connectivity index (χ2n) is 9.61. The van der Waals surface area contributed by atoms with Gasteiger partial charge in [-0.15, -0.1) is 0 Å². The van der Waals surface area contributed by atoms with Gasteiger partial charge in [-0.3, -0.25) is 9.69 Å². The number of nitrogen functional groups attached to an aromatic ring is 1. The number of nitrogens with one attached hydrogen (secondary N) is 1. The molecule has 3 N–H and O–H groups in total. The first kappa shape index (κ1) is 21.3. The van der Waals surface area contributed by atoms with Crippen LogP contribution < -0.4 is 11.1 Å². The highest BCUT2D eigenvalue weighted by molar-refractivity contribution is 5.88. The number of carbonyl (C=O) groups excluding carboxylic acids is 1. The molecule has 1 aliphatic heterocycles. The average molecular weight is 421 g/mol. The number of rotatable bonds is 4. The molecule has 7 nitrogen and oxygen atoms in total. The van der Waals surface area contributed by atoms with Crippen molar-refractivity contribution in [3.8, 4) is 0 Å². The Morgan fingerprint density at radius 1 is 1.23 bits per heavy atom. The van der Waals surface area contributed by atoms with Crippen molar-refractivity contribution in [1.82, 2.24) is 19.5 Å². The van der Waals surface area contributed by atoms with E-state index >= 15 is 0 Å². The number of benzene rings is 1. The number of aromatic nitrogens is 3. The highest BCUT2D eigenvalue weighted by Crippen LogP contribution is 2.29. The number of fused-ring (bicyclic) bond motifs is 1. The van der Waals surface area contributed by atoms with E-state index in [1.165, 1.54) is 12.5 Å². The van der Waals surface area contributed by atoms with Crippen LogP contribution in [0, 0.1) is 0 Å². The fraction of sp³-hybridized carbons (Fsp3) is 0.458. The van der Waals surface area contributed by atoms with Gasteiger partial charge in [-0.05, 0) is 37.1 Å². The molecule has 0 bridgehead atoms. The van der Waals surface area contributed by atoms with Crippen molar-refractivity contribution in [1.29, 1.82) is 0 Å². The molecule has 0 saturated carbocycles. The average Bonchev–Trinajstić information content (AvgIpc) is 3.15. The molecule has 3 aromatic rings. The van der Waals surface area contributed by atoms with E-state index in [0.29, 0.717) is 11.7 Å². The van der Waals surface area contributed by atoms with Crippen molar-refractivity contribution in [3.05, 3.63) is 53.3 Å². The summed E-state index contributed by atoms with van der Waals surface area (Å²) in [6.45, 7) is 10.9. The van der Waals surface area contributed by atoms with E-state index in [2.05, 4.69) is 54.3 Å². The summed E-state index contributed by atoms with van der Waals surface area (Å²) < 4.78 is 1.75. The first-order valence-electron chi connectivity index (χ1n) is 10.9. The number of piperidine rings is 1. The Kier molecular flexibility index (Phi) is 5.71. The van der Waals surface area contributed by atoms with Gasteiger partial charge in [-0.25, -0.2) is 4.98 Å². The number of hydrogen-bond donors (Lipinski definition) is 2. The lowest BCUT2D eigenvalue weighted by Crippen LogP contribution is -2.34. The second kappa shape index (κ2) is 8.30. The zero-order valence-corrected chi connectivity index (χ0v) is 18.9. The highest BCUT2D eigenvalue weighted by Gasteiger charge is 2.25. The molecular weight excluding hydrogens is 388 g/mol. The standard InChI is InChI=1S/C24H32N6O/c1-16(31)26-19-9-7-17(8-10-19)14-29-11-5-6-18(15-29)20-12-22(25)30-23(27-20)13-21(28-30)24(2,3)4/h7-10,12-13,18H,5-6,11,14-15,25H2,1-4H3,(H,26,31). The third-order valence-electron chi connectivity index (χ3n) is 5.85. The van der Waals surface area contributed by atoms with Crippen molar-refractivity contribution in [2.75, 3.05) is 24.1 Å². The third kappa shape index (κ3) is 4.88. The molecule has 1 atom stereocenters. The maximum Gasteiger partial charge on any atom is 0.221 e. The molecule has 0 aliphatic carbocycles. The third-order valence-corrected chi connectivity index (χ3v) is 5.85. The second-order valence-corrected chi connectivity index (χ2v) is 9.61. The number of amides is 1. The number of nitrogens with two attached hydrogens (primary N) is 1. The fourth-order valence-electron chi connectivity index (χ4n) is 4.19. The van der Waals surface area contributed by atoms with E-state index < -0.39 is 0 Å². The lowest BCUT2D eigenvalue weighted by molar-refractivity contribution is -0.114. The Hall–Kier alpha value is -2.93. The van der Waals surface area contributed by atoms with Gasteiger partial charge < -0.3 is 11.1 Å². The van der Waals surface area contributed by atoms with Crippen molar-refractivity contribution in [2.45, 2.75) is 58.4 Å². The van der Waals surface area contributed by atoms with E-state index in [0.717, 1.165) is 55.2 Å². The van der Waals surface area contributed by atoms with Gasteiger partial charge in [-0.1, -0.05) is 32.9 Å². The number of nitrogens with zero attached hydrogens (tertiary/aromatic N) is 4. The lowest BCUT2D eigenvalue weighted by atomic mass is 9.92. The molecule has 4 rings (SSSR count). The maximum atomic E-state index is 11.2. The first-order valence-corrected chi connectivity index (χ1v) is 10.9. The molecule has 1 fully saturated rings. The van der Waals surface area contributed by atoms with Gasteiger partial charge in [0.05, 0.1) is 11.4 Å². The normalized spacial score (nSPS) is 17.7. The molecule has 1 aromatic carbocycles. The highest BCUT2D eigenvalue weighted by atomic mass is 16.1. The van der Waals surface area contributed by atoms with Crippen LogP contribution in [0.25, 0.3) is 5.65 Å². The topological polar surface area (TPSA) is 88.5 Å². The number of likely N-dealkylation sites (tertiary alicyclic amines) is 1. The van der Waals surface area contributed by atoms with E-state index in [1.807, 2.05) is 18.2 Å². The van der Waals surface area contributed by atoms with E-state index in [4.69, 9.17) is 10.7 Å². The largest absolute Gasteiger partial charge is 0.384 e. The minimum Gasteiger partial charge on any atom is -0.384 e. The molecule has 31 heavy (non-hydrogen) atoms. The number of anilines is 2. The predicted molar refractivity (Wildman–Crippen MR) is 124 cm³/mol. The molecule has 1 saturated heterocycles. The lowest BCUT2D eigenvalue weighted by Gasteiger charge is -2.32. The van der Waals surface area contributed by atoms with Gasteiger partial charge in [0.15, 0.2) is 5.65 Å². The SMILES string of the molecule is CC(=O)Nc1ccc(CN2CCCC(c3cc(N)n4nc(C(C)(C)C)cc4n3)C2)cc1. The van der Waals surface area contributed by atoms with Crippen LogP contribution in [0.5, 0.6) is 0 Å². The molecule has 0 radical (unpaired) electrons. The summed E-state index contributed by atoms with van der Waals surface area (Å²) in [6.07, 6.45) is 2.24. The zero-order chi connectivity index (χ0) is 22.2. The van der Waals surface area contributed by atoms with Crippen molar-refractivity contribution in [3.63, 3.8) is 0 Å². The van der Waals surface area contributed by atoms with Crippen LogP contribution >= 0.6 is 0 Å². The Morgan fingerprint density at radius 2 is 1.97 bits per heavy atom. The zero-order valence-electron chi connectivity index (χ0n) is 18.9. The molecule has 1 aliphatic rings. The Labute approximate surface area is 183 Å². The van der Waals surface area contributed by atoms with Crippen LogP contribution in [0.1, 0.15) is 63.4 Å². The van der Waals surface area contributed by atoms with Crippen molar-refractivity contribution >= 4 is 23.1 Å². The summed E-state index contributed by atoms with van der Waals surface area (Å²) >= 11 is 0. The summed E-state index contributed by atoms with van der Waals surface area (Å²) in [4.78, 5) is 18.6. The molecule has 1 amide bonds. The summed E-state index contributed by atoms with van der Waals surface area (Å²) in [5.41, 5.74) is 11.2. The van der Waals surface area contributed by atoms with Crippen LogP contribution in [-0.2, 0) is 16.8 Å². The first-order chi connectivity index (χ1) is 14.7. The van der Waals surface area contributed by atoms with E-state index in [-0.39, 0.29) is 11.3 Å². The minimum absolute atomic E-state index is 0.0442. The van der Waals surface area contributed by atoms with Crippen LogP contribution in [0.4, 0.5) is 11.5 Å². The Balaban J connectivity index is 1.49. The van der Waals surface area contributed by atoms with Gasteiger partial charge in [0.2, 0.25) is 5.91 Å². The number of carbonyl (C=O) groups is 1. The molecule has 3 heterocycles. The van der Waals surface area contributed by atoms with E-state index in [1.54, 1.807) is 4.52 Å². The summed E-state index contributed by atoms with van der Waals surface area (Å²) in [5, 5.41) is 7.47. The molecule has 164 valence electrons. The van der Waals surface area contributed by atoms with Gasteiger partial charge >= 0.3 is 0 Å². The molecule has 0 spiro atoms. The van der Waals surface area contributed by atoms with E-state index in [9.17, 15) is 4.79 Å². The van der Waals surface area contributed by atoms with Gasteiger partial charge in [0.25, 0.3) is 0 Å². The van der Waals surface area contributed by atoms with Gasteiger partial charge in [0, 0.05) is 49.2 Å². The van der Waals surface area contributed by atoms with Gasteiger partial charge in [0.1, 0.15) is 5.82 Å². The predicted octanol–water partition coefficient (Wildman–Crippen LogP) is 3.95. The summed E-state index contributed by atoms with van der Waals surface area (Å²) in [7, 11) is 0. The van der Waals surface area contributed by atoms with Crippen LogP contribution in [0.3, 0.4) is 0 Å². The molecule has 2 aromatic heterocycles. The molecule has 1 unspecified atom stereocenters. The molecule has 7 heteroatoms. The fourth-order valence-corrected chi connectivity index (χ4v) is 4.19. The van der Waals surface area contributed by atoms with Gasteiger partial charge in [-0.2, -0.15) is 9.61 Å². The van der Waals surface area contributed by atoms with Crippen LogP contribution in [-0.4, -0.2) is 38.5 Å². The summed E-state index contributed by atoms with van der Waals surface area (Å²) in [6, 6.07) is 12.1.